The second-order valence-electron chi connectivity index (χ2n) is 7.52. The molecule has 0 amide bonds. The van der Waals surface area contributed by atoms with Gasteiger partial charge in [0.15, 0.2) is 12.3 Å². The number of benzene rings is 2. The molecule has 3 rings (SSSR count). The molecule has 0 saturated carbocycles. The van der Waals surface area contributed by atoms with E-state index in [0.29, 0.717) is 21.3 Å². The third-order valence-corrected chi connectivity index (χ3v) is 8.09. The van der Waals surface area contributed by atoms with Gasteiger partial charge in [0.25, 0.3) is 10.0 Å². The van der Waals surface area contributed by atoms with Crippen molar-refractivity contribution >= 4 is 15.7 Å². The van der Waals surface area contributed by atoms with E-state index in [1.54, 1.807) is 42.5 Å². The predicted octanol–water partition coefficient (Wildman–Crippen LogP) is 3.31. The quantitative estimate of drug-likeness (QED) is 0.735. The van der Waals surface area contributed by atoms with Crippen molar-refractivity contribution in [1.82, 2.24) is 0 Å². The van der Waals surface area contributed by atoms with E-state index < -0.39 is 22.3 Å². The molecule has 1 heterocycles. The van der Waals surface area contributed by atoms with Gasteiger partial charge in [0, 0.05) is 5.56 Å². The van der Waals surface area contributed by atoms with Crippen molar-refractivity contribution in [3.05, 3.63) is 59.2 Å². The second kappa shape index (κ2) is 7.79. The number of hydrogen-bond donors (Lipinski definition) is 1. The molecular formula is C22H28N3O3S+. The van der Waals surface area contributed by atoms with Gasteiger partial charge >= 0.3 is 0 Å². The molecule has 154 valence electrons. The topological polar surface area (TPSA) is 81.4 Å². The summed E-state index contributed by atoms with van der Waals surface area (Å²) < 4.78 is 28.7. The van der Waals surface area contributed by atoms with E-state index >= 15 is 0 Å². The minimum absolute atomic E-state index is 0.140. The molecule has 0 bridgehead atoms. The average Bonchev–Trinajstić information content (AvgIpc) is 3.02. The minimum atomic E-state index is -3.97. The van der Waals surface area contributed by atoms with Gasteiger partial charge in [-0.2, -0.15) is 5.26 Å². The molecule has 1 aliphatic heterocycles. The van der Waals surface area contributed by atoms with Crippen LogP contribution in [0, 0.1) is 18.3 Å². The van der Waals surface area contributed by atoms with Crippen LogP contribution in [0.5, 0.6) is 0 Å². The molecule has 2 unspecified atom stereocenters. The molecule has 29 heavy (non-hydrogen) atoms. The molecule has 7 heteroatoms. The Balaban J connectivity index is 2.23. The number of quaternary nitrogens is 1. The monoisotopic (exact) mass is 414 g/mol. The molecule has 2 aromatic rings. The molecule has 0 fully saturated rings. The number of aliphatic hydroxyl groups is 1. The van der Waals surface area contributed by atoms with Crippen LogP contribution in [0.4, 0.5) is 5.69 Å². The van der Waals surface area contributed by atoms with Gasteiger partial charge in [0.1, 0.15) is 0 Å². The smallest absolute Gasteiger partial charge is 0.266 e. The fourth-order valence-electron chi connectivity index (χ4n) is 4.43. The van der Waals surface area contributed by atoms with Crippen LogP contribution in [0.15, 0.2) is 47.4 Å². The summed E-state index contributed by atoms with van der Waals surface area (Å²) in [7, 11) is -3.97. The van der Waals surface area contributed by atoms with Crippen molar-refractivity contribution in [2.45, 2.75) is 44.9 Å². The Morgan fingerprint density at radius 2 is 1.66 bits per heavy atom. The number of fused-ring (bicyclic) bond motifs is 1. The molecule has 1 N–H and O–H groups in total. The summed E-state index contributed by atoms with van der Waals surface area (Å²) in [6, 6.07) is 13.3. The molecule has 0 radical (unpaired) electrons. The van der Waals surface area contributed by atoms with Crippen LogP contribution in [0.1, 0.15) is 43.5 Å². The first-order chi connectivity index (χ1) is 13.8. The Bertz CT molecular complexity index is 1030. The minimum Gasteiger partial charge on any atom is -0.367 e. The summed E-state index contributed by atoms with van der Waals surface area (Å²) in [6.07, 6.45) is -1.25. The zero-order valence-electron chi connectivity index (χ0n) is 17.3. The lowest BCUT2D eigenvalue weighted by Gasteiger charge is -2.43. The SMILES string of the molecule is CC[N+](CC)(CC)C1c2cc(C#N)ccc2N(S(=O)(=O)c2ccc(C)cc2)C1O. The van der Waals surface area contributed by atoms with E-state index in [0.717, 1.165) is 29.5 Å². The van der Waals surface area contributed by atoms with Gasteiger partial charge in [-0.05, 0) is 58.0 Å². The predicted molar refractivity (Wildman–Crippen MR) is 113 cm³/mol. The van der Waals surface area contributed by atoms with Gasteiger partial charge in [-0.1, -0.05) is 17.7 Å². The molecular weight excluding hydrogens is 386 g/mol. The van der Waals surface area contributed by atoms with Crippen molar-refractivity contribution < 1.29 is 18.0 Å². The van der Waals surface area contributed by atoms with Crippen molar-refractivity contribution in [3.8, 4) is 6.07 Å². The number of rotatable bonds is 6. The maximum atomic E-state index is 13.5. The van der Waals surface area contributed by atoms with Crippen LogP contribution in [0.2, 0.25) is 0 Å². The van der Waals surface area contributed by atoms with Gasteiger partial charge in [0.2, 0.25) is 0 Å². The highest BCUT2D eigenvalue weighted by atomic mass is 32.2. The van der Waals surface area contributed by atoms with Crippen molar-refractivity contribution in [2.75, 3.05) is 23.9 Å². The Labute approximate surface area is 173 Å². The number of nitrogens with zero attached hydrogens (tertiary/aromatic N) is 3. The van der Waals surface area contributed by atoms with Crippen LogP contribution >= 0.6 is 0 Å². The normalized spacial score (nSPS) is 19.1. The van der Waals surface area contributed by atoms with Crippen molar-refractivity contribution in [1.29, 1.82) is 5.26 Å². The van der Waals surface area contributed by atoms with E-state index in [1.807, 2.05) is 27.7 Å². The lowest BCUT2D eigenvalue weighted by Crippen LogP contribution is -2.55. The Kier molecular flexibility index (Phi) is 5.72. The fourth-order valence-corrected chi connectivity index (χ4v) is 5.96. The maximum Gasteiger partial charge on any atom is 0.266 e. The van der Waals surface area contributed by atoms with Crippen LogP contribution in [-0.4, -0.2) is 43.9 Å². The van der Waals surface area contributed by atoms with Crippen molar-refractivity contribution in [3.63, 3.8) is 0 Å². The number of hydrogen-bond acceptors (Lipinski definition) is 4. The number of anilines is 1. The van der Waals surface area contributed by atoms with Crippen LogP contribution in [-0.2, 0) is 10.0 Å². The summed E-state index contributed by atoms with van der Waals surface area (Å²) in [5.41, 5.74) is 2.57. The standard InChI is InChI=1S/C22H28N3O3S/c1-5-25(6-2,7-3)21-19-14-17(15-23)10-13-20(19)24(22(21)26)29(27,28)18-11-8-16(4)9-12-18/h8-14,21-22,26H,5-7H2,1-4H3/q+1. The summed E-state index contributed by atoms with van der Waals surface area (Å²) in [5.74, 6) is 0. The van der Waals surface area contributed by atoms with Crippen LogP contribution in [0.25, 0.3) is 0 Å². The summed E-state index contributed by atoms with van der Waals surface area (Å²) >= 11 is 0. The molecule has 6 nitrogen and oxygen atoms in total. The zero-order chi connectivity index (χ0) is 21.4. The van der Waals surface area contributed by atoms with Gasteiger partial charge < -0.3 is 9.59 Å². The van der Waals surface area contributed by atoms with E-state index in [1.165, 1.54) is 0 Å². The molecule has 0 aliphatic carbocycles. The van der Waals surface area contributed by atoms with Crippen LogP contribution < -0.4 is 4.31 Å². The Morgan fingerprint density at radius 1 is 1.07 bits per heavy atom. The van der Waals surface area contributed by atoms with E-state index in [9.17, 15) is 18.8 Å². The molecule has 2 atom stereocenters. The van der Waals surface area contributed by atoms with E-state index in [-0.39, 0.29) is 4.90 Å². The third kappa shape index (κ3) is 3.31. The highest BCUT2D eigenvalue weighted by Crippen LogP contribution is 2.47. The fraction of sp³-hybridized carbons (Fsp3) is 0.409. The number of aryl methyl sites for hydroxylation is 1. The first kappa shape index (κ1) is 21.3. The second-order valence-corrected chi connectivity index (χ2v) is 9.34. The lowest BCUT2D eigenvalue weighted by molar-refractivity contribution is -0.955. The number of aliphatic hydroxyl groups excluding tert-OH is 1. The largest absolute Gasteiger partial charge is 0.367 e. The molecule has 1 aliphatic rings. The van der Waals surface area contributed by atoms with Gasteiger partial charge in [-0.25, -0.2) is 12.7 Å². The first-order valence-corrected chi connectivity index (χ1v) is 11.4. The average molecular weight is 415 g/mol. The molecule has 0 saturated heterocycles. The summed E-state index contributed by atoms with van der Waals surface area (Å²) in [5, 5.41) is 20.7. The lowest BCUT2D eigenvalue weighted by atomic mass is 10.0. The molecule has 0 spiro atoms. The van der Waals surface area contributed by atoms with E-state index in [4.69, 9.17) is 0 Å². The molecule has 2 aromatic carbocycles. The number of nitriles is 1. The third-order valence-electron chi connectivity index (χ3n) is 6.29. The number of likely N-dealkylation sites (N-methyl/N-ethyl adjacent to an activating group) is 1. The van der Waals surface area contributed by atoms with E-state index in [2.05, 4.69) is 6.07 Å². The van der Waals surface area contributed by atoms with Crippen LogP contribution in [0.3, 0.4) is 0 Å². The van der Waals surface area contributed by atoms with Gasteiger partial charge in [-0.15, -0.1) is 0 Å². The van der Waals surface area contributed by atoms with Gasteiger partial charge in [-0.3, -0.25) is 0 Å². The zero-order valence-corrected chi connectivity index (χ0v) is 18.1. The highest BCUT2D eigenvalue weighted by molar-refractivity contribution is 7.92. The Hall–Kier alpha value is -2.40. The molecule has 0 aromatic heterocycles. The first-order valence-electron chi connectivity index (χ1n) is 9.94. The Morgan fingerprint density at radius 3 is 2.17 bits per heavy atom. The summed E-state index contributed by atoms with van der Waals surface area (Å²) in [4.78, 5) is 0.140. The van der Waals surface area contributed by atoms with Crippen molar-refractivity contribution in [2.24, 2.45) is 0 Å². The number of sulfonamides is 1. The highest BCUT2D eigenvalue weighted by Gasteiger charge is 2.52. The maximum absolute atomic E-state index is 13.5. The summed E-state index contributed by atoms with van der Waals surface area (Å²) in [6.45, 7) is 10.3. The van der Waals surface area contributed by atoms with Gasteiger partial charge in [0.05, 0.1) is 41.8 Å².